The van der Waals surface area contributed by atoms with Crippen LogP contribution in [0.15, 0.2) is 66.4 Å². The van der Waals surface area contributed by atoms with Crippen molar-refractivity contribution in [2.24, 2.45) is 0 Å². The molecule has 0 bridgehead atoms. The number of aromatic nitrogens is 8. The van der Waals surface area contributed by atoms with Crippen LogP contribution >= 0.6 is 0 Å². The van der Waals surface area contributed by atoms with Crippen LogP contribution in [0.4, 0.5) is 0 Å². The van der Waals surface area contributed by atoms with E-state index in [2.05, 4.69) is 20.2 Å². The molecule has 1 aromatic carbocycles. The first kappa shape index (κ1) is 21.4. The lowest BCUT2D eigenvalue weighted by Crippen LogP contribution is -2.20. The standard InChI is InChI=1S/C25H24N8O2/c1-16(12-35-2)32-15-28-30-24(32)21-4-3-5-23(29-21)33-14-27-20-9-8-18(10-19(20)25(33)34)31-11-22(26-13-31)17-6-7-17/h3-5,8-11,13-17H,6-7,12H2,1-2H3/t16-/m0/s1. The molecule has 0 spiro atoms. The van der Waals surface area contributed by atoms with Gasteiger partial charge in [-0.05, 0) is 50.1 Å². The van der Waals surface area contributed by atoms with Gasteiger partial charge in [-0.25, -0.2) is 15.0 Å². The van der Waals surface area contributed by atoms with Gasteiger partial charge in [0.15, 0.2) is 5.82 Å². The fourth-order valence-corrected chi connectivity index (χ4v) is 4.26. The second kappa shape index (κ2) is 8.55. The van der Waals surface area contributed by atoms with Crippen molar-refractivity contribution >= 4 is 10.9 Å². The van der Waals surface area contributed by atoms with Gasteiger partial charge in [-0.1, -0.05) is 6.07 Å². The van der Waals surface area contributed by atoms with Gasteiger partial charge in [0.25, 0.3) is 5.56 Å². The average molecular weight is 469 g/mol. The lowest BCUT2D eigenvalue weighted by atomic mass is 10.2. The molecule has 0 aliphatic heterocycles. The van der Waals surface area contributed by atoms with Crippen molar-refractivity contribution in [2.45, 2.75) is 31.7 Å². The van der Waals surface area contributed by atoms with Crippen molar-refractivity contribution in [1.82, 2.24) is 38.9 Å². The van der Waals surface area contributed by atoms with E-state index in [1.165, 1.54) is 23.7 Å². The molecule has 0 N–H and O–H groups in total. The van der Waals surface area contributed by atoms with Crippen molar-refractivity contribution in [3.05, 3.63) is 77.6 Å². The third-order valence-corrected chi connectivity index (χ3v) is 6.30. The summed E-state index contributed by atoms with van der Waals surface area (Å²) in [4.78, 5) is 27.2. The lowest BCUT2D eigenvalue weighted by molar-refractivity contribution is 0.162. The molecule has 4 aromatic heterocycles. The first-order valence-electron chi connectivity index (χ1n) is 11.5. The predicted octanol–water partition coefficient (Wildman–Crippen LogP) is 3.31. The zero-order valence-electron chi connectivity index (χ0n) is 19.4. The van der Waals surface area contributed by atoms with Crippen LogP contribution in [-0.4, -0.2) is 52.6 Å². The number of imidazole rings is 1. The first-order chi connectivity index (χ1) is 17.1. The maximum absolute atomic E-state index is 13.5. The predicted molar refractivity (Wildman–Crippen MR) is 130 cm³/mol. The van der Waals surface area contributed by atoms with E-state index in [9.17, 15) is 4.79 Å². The molecule has 4 heterocycles. The van der Waals surface area contributed by atoms with E-state index in [1.807, 2.05) is 52.6 Å². The molecule has 5 aromatic rings. The number of ether oxygens (including phenoxy) is 1. The molecule has 0 amide bonds. The van der Waals surface area contributed by atoms with Crippen molar-refractivity contribution in [3.63, 3.8) is 0 Å². The SMILES string of the molecule is COC[C@H](C)n1cnnc1-c1cccc(-n2cnc3ccc(-n4cnc(C5CC5)c4)cc3c2=O)n1. The Balaban J connectivity index is 1.39. The van der Waals surface area contributed by atoms with Crippen LogP contribution in [0.2, 0.25) is 0 Å². The van der Waals surface area contributed by atoms with E-state index in [0.29, 0.717) is 40.8 Å². The molecule has 0 radical (unpaired) electrons. The second-order valence-corrected chi connectivity index (χ2v) is 8.85. The van der Waals surface area contributed by atoms with E-state index in [0.717, 1.165) is 11.4 Å². The summed E-state index contributed by atoms with van der Waals surface area (Å²) in [5, 5.41) is 8.80. The minimum Gasteiger partial charge on any atom is -0.383 e. The number of fused-ring (bicyclic) bond motifs is 1. The minimum atomic E-state index is -0.196. The molecule has 1 atom stereocenters. The topological polar surface area (TPSA) is 106 Å². The highest BCUT2D eigenvalue weighted by atomic mass is 16.5. The average Bonchev–Trinajstić information content (AvgIpc) is 3.40. The summed E-state index contributed by atoms with van der Waals surface area (Å²) in [7, 11) is 1.66. The molecule has 0 saturated heterocycles. The van der Waals surface area contributed by atoms with E-state index in [4.69, 9.17) is 9.72 Å². The van der Waals surface area contributed by atoms with Crippen molar-refractivity contribution < 1.29 is 4.74 Å². The quantitative estimate of drug-likeness (QED) is 0.361. The number of pyridine rings is 1. The Labute approximate surface area is 200 Å². The Morgan fingerprint density at radius 1 is 1.11 bits per heavy atom. The molecule has 1 aliphatic carbocycles. The molecule has 35 heavy (non-hydrogen) atoms. The summed E-state index contributed by atoms with van der Waals surface area (Å²) in [5.41, 5.74) is 3.01. The highest BCUT2D eigenvalue weighted by Gasteiger charge is 2.25. The molecule has 1 fully saturated rings. The van der Waals surface area contributed by atoms with E-state index in [-0.39, 0.29) is 11.6 Å². The molecule has 1 saturated carbocycles. The Kier molecular flexibility index (Phi) is 5.22. The number of nitrogens with zero attached hydrogens (tertiary/aromatic N) is 8. The molecular weight excluding hydrogens is 444 g/mol. The Hall–Kier alpha value is -4.18. The first-order valence-corrected chi connectivity index (χ1v) is 11.5. The van der Waals surface area contributed by atoms with Gasteiger partial charge in [0.05, 0.1) is 35.6 Å². The summed E-state index contributed by atoms with van der Waals surface area (Å²) in [6, 6.07) is 11.2. The zero-order valence-corrected chi connectivity index (χ0v) is 19.4. The molecule has 10 nitrogen and oxygen atoms in total. The van der Waals surface area contributed by atoms with Gasteiger partial charge in [-0.3, -0.25) is 9.36 Å². The summed E-state index contributed by atoms with van der Waals surface area (Å²) >= 11 is 0. The van der Waals surface area contributed by atoms with E-state index >= 15 is 0 Å². The largest absolute Gasteiger partial charge is 0.383 e. The van der Waals surface area contributed by atoms with Gasteiger partial charge in [0.1, 0.15) is 24.2 Å². The Morgan fingerprint density at radius 2 is 2.00 bits per heavy atom. The summed E-state index contributed by atoms with van der Waals surface area (Å²) < 4.78 is 10.6. The summed E-state index contributed by atoms with van der Waals surface area (Å²) in [5.74, 6) is 1.63. The fourth-order valence-electron chi connectivity index (χ4n) is 4.26. The van der Waals surface area contributed by atoms with Crippen LogP contribution in [0.25, 0.3) is 33.9 Å². The van der Waals surface area contributed by atoms with E-state index < -0.39 is 0 Å². The highest BCUT2D eigenvalue weighted by Crippen LogP contribution is 2.39. The number of rotatable bonds is 7. The van der Waals surface area contributed by atoms with Crippen LogP contribution in [-0.2, 0) is 4.74 Å². The van der Waals surface area contributed by atoms with Crippen LogP contribution < -0.4 is 5.56 Å². The summed E-state index contributed by atoms with van der Waals surface area (Å²) in [6.45, 7) is 2.53. The van der Waals surface area contributed by atoms with Gasteiger partial charge >= 0.3 is 0 Å². The molecule has 0 unspecified atom stereocenters. The fraction of sp³-hybridized carbons (Fsp3) is 0.280. The zero-order chi connectivity index (χ0) is 23.9. The Morgan fingerprint density at radius 3 is 2.83 bits per heavy atom. The van der Waals surface area contributed by atoms with Crippen molar-refractivity contribution in [3.8, 4) is 23.0 Å². The van der Waals surface area contributed by atoms with Gasteiger partial charge < -0.3 is 13.9 Å². The third-order valence-electron chi connectivity index (χ3n) is 6.30. The maximum Gasteiger partial charge on any atom is 0.267 e. The van der Waals surface area contributed by atoms with Crippen LogP contribution in [0.1, 0.15) is 37.4 Å². The molecular formula is C25H24N8O2. The maximum atomic E-state index is 13.5. The monoisotopic (exact) mass is 468 g/mol. The van der Waals surface area contributed by atoms with Gasteiger partial charge in [0, 0.05) is 24.9 Å². The molecule has 1 aliphatic rings. The summed E-state index contributed by atoms with van der Waals surface area (Å²) in [6.07, 6.45) is 9.39. The van der Waals surface area contributed by atoms with Crippen LogP contribution in [0.3, 0.4) is 0 Å². The van der Waals surface area contributed by atoms with Crippen molar-refractivity contribution in [1.29, 1.82) is 0 Å². The second-order valence-electron chi connectivity index (χ2n) is 8.85. The number of methoxy groups -OCH3 is 1. The number of hydrogen-bond acceptors (Lipinski definition) is 7. The molecule has 10 heteroatoms. The van der Waals surface area contributed by atoms with Gasteiger partial charge in [-0.2, -0.15) is 0 Å². The Bertz CT molecular complexity index is 1580. The number of hydrogen-bond donors (Lipinski definition) is 0. The molecule has 176 valence electrons. The van der Waals surface area contributed by atoms with Crippen LogP contribution in [0.5, 0.6) is 0 Å². The number of benzene rings is 1. The molecule has 6 rings (SSSR count). The normalized spacial score (nSPS) is 14.5. The lowest BCUT2D eigenvalue weighted by Gasteiger charge is -2.14. The van der Waals surface area contributed by atoms with Crippen LogP contribution in [0, 0.1) is 0 Å². The van der Waals surface area contributed by atoms with Gasteiger partial charge in [-0.15, -0.1) is 10.2 Å². The minimum absolute atomic E-state index is 0.0301. The van der Waals surface area contributed by atoms with Crippen molar-refractivity contribution in [2.75, 3.05) is 13.7 Å². The highest BCUT2D eigenvalue weighted by molar-refractivity contribution is 5.80. The van der Waals surface area contributed by atoms with E-state index in [1.54, 1.807) is 25.8 Å². The smallest absolute Gasteiger partial charge is 0.267 e. The van der Waals surface area contributed by atoms with Gasteiger partial charge in [0.2, 0.25) is 0 Å². The third kappa shape index (κ3) is 3.91.